The Balaban J connectivity index is 1.97. The largest absolute Gasteiger partial charge is 0.301 e. The van der Waals surface area contributed by atoms with E-state index in [2.05, 4.69) is 38.3 Å². The van der Waals surface area contributed by atoms with Gasteiger partial charge in [-0.05, 0) is 18.2 Å². The van der Waals surface area contributed by atoms with Crippen LogP contribution in [0.1, 0.15) is 5.69 Å². The molecule has 1 aliphatic rings. The lowest BCUT2D eigenvalue weighted by atomic mass is 10.2. The Morgan fingerprint density at radius 2 is 2.25 bits per heavy atom. The van der Waals surface area contributed by atoms with E-state index in [1.165, 1.54) is 37.5 Å². The van der Waals surface area contributed by atoms with E-state index in [9.17, 15) is 0 Å². The Morgan fingerprint density at radius 1 is 1.30 bits per heavy atom. The molecule has 0 aromatic carbocycles. The first-order chi connectivity index (χ1) is 9.84. The highest BCUT2D eigenvalue weighted by Crippen LogP contribution is 2.38. The summed E-state index contributed by atoms with van der Waals surface area (Å²) in [4.78, 5) is 8.74. The van der Waals surface area contributed by atoms with Gasteiger partial charge in [0, 0.05) is 12.4 Å². The second kappa shape index (κ2) is 3.43. The van der Waals surface area contributed by atoms with E-state index in [4.69, 9.17) is 0 Å². The van der Waals surface area contributed by atoms with Crippen LogP contribution >= 0.6 is 11.3 Å². The summed E-state index contributed by atoms with van der Waals surface area (Å²) in [7, 11) is 2.11. The molecule has 0 atom stereocenters. The van der Waals surface area contributed by atoms with E-state index in [0.29, 0.717) is 0 Å². The van der Waals surface area contributed by atoms with Crippen LogP contribution < -0.4 is 4.57 Å². The van der Waals surface area contributed by atoms with Gasteiger partial charge in [-0.25, -0.2) is 9.13 Å². The molecule has 5 heteroatoms. The number of rotatable bonds is 0. The Morgan fingerprint density at radius 3 is 3.20 bits per heavy atom. The molecule has 0 saturated carbocycles. The summed E-state index contributed by atoms with van der Waals surface area (Å²) >= 11 is 1.85. The molecule has 0 aliphatic carbocycles. The molecule has 4 aromatic rings. The second-order valence-corrected chi connectivity index (χ2v) is 6.09. The molecule has 0 fully saturated rings. The Hall–Kier alpha value is -2.27. The van der Waals surface area contributed by atoms with E-state index < -0.39 is 0 Å². The monoisotopic (exact) mass is 279 g/mol. The fraction of sp³-hybridized carbons (Fsp3) is 0.133. The van der Waals surface area contributed by atoms with Crippen LogP contribution in [-0.4, -0.2) is 14.5 Å². The molecule has 0 N–H and O–H groups in total. The van der Waals surface area contributed by atoms with Crippen molar-refractivity contribution in [3.63, 3.8) is 0 Å². The smallest absolute Gasteiger partial charge is 0.260 e. The van der Waals surface area contributed by atoms with Gasteiger partial charge in [-0.1, -0.05) is 11.3 Å². The van der Waals surface area contributed by atoms with E-state index in [-0.39, 0.29) is 0 Å². The van der Waals surface area contributed by atoms with Gasteiger partial charge < -0.3 is 0 Å². The summed E-state index contributed by atoms with van der Waals surface area (Å²) in [6.07, 6.45) is 5.68. The number of aromatic nitrogens is 4. The van der Waals surface area contributed by atoms with Gasteiger partial charge in [0.1, 0.15) is 11.2 Å². The van der Waals surface area contributed by atoms with Crippen LogP contribution in [0.25, 0.3) is 31.8 Å². The number of aryl methyl sites for hydroxylation is 1. The van der Waals surface area contributed by atoms with Crippen LogP contribution in [0.15, 0.2) is 36.8 Å². The normalized spacial score (nSPS) is 13.1. The average Bonchev–Trinajstić information content (AvgIpc) is 3.09. The van der Waals surface area contributed by atoms with Crippen LogP contribution in [0.3, 0.4) is 0 Å². The summed E-state index contributed by atoms with van der Waals surface area (Å²) in [5.41, 5.74) is 4.90. The highest BCUT2D eigenvalue weighted by Gasteiger charge is 2.32. The van der Waals surface area contributed by atoms with Crippen LogP contribution in [0.5, 0.6) is 0 Å². The van der Waals surface area contributed by atoms with Crippen molar-refractivity contribution >= 4 is 32.6 Å². The summed E-state index contributed by atoms with van der Waals surface area (Å²) in [5.74, 6) is 0. The number of thiazole rings is 1. The van der Waals surface area contributed by atoms with Crippen molar-refractivity contribution in [1.29, 1.82) is 0 Å². The molecular weight excluding hydrogens is 268 g/mol. The van der Waals surface area contributed by atoms with Crippen LogP contribution in [0.2, 0.25) is 0 Å². The van der Waals surface area contributed by atoms with Crippen molar-refractivity contribution in [3.05, 3.63) is 42.5 Å². The third-order valence-electron chi connectivity index (χ3n) is 4.05. The van der Waals surface area contributed by atoms with E-state index in [1.807, 2.05) is 36.0 Å². The average molecular weight is 279 g/mol. The predicted octanol–water partition coefficient (Wildman–Crippen LogP) is 2.50. The van der Waals surface area contributed by atoms with Gasteiger partial charge in [0.15, 0.2) is 10.5 Å². The minimum Gasteiger partial charge on any atom is -0.260 e. The quantitative estimate of drug-likeness (QED) is 0.408. The predicted molar refractivity (Wildman–Crippen MR) is 78.6 cm³/mol. The Labute approximate surface area is 119 Å². The lowest BCUT2D eigenvalue weighted by Gasteiger charge is -1.92. The van der Waals surface area contributed by atoms with Crippen molar-refractivity contribution in [2.75, 3.05) is 0 Å². The highest BCUT2D eigenvalue weighted by molar-refractivity contribution is 7.22. The number of hydrogen-bond donors (Lipinski definition) is 0. The first kappa shape index (κ1) is 10.5. The Kier molecular flexibility index (Phi) is 1.80. The van der Waals surface area contributed by atoms with Gasteiger partial charge in [-0.15, -0.1) is 0 Å². The molecule has 4 nitrogen and oxygen atoms in total. The third-order valence-corrected chi connectivity index (χ3v) is 5.30. The zero-order valence-electron chi connectivity index (χ0n) is 10.9. The molecule has 1 aliphatic heterocycles. The molecule has 0 radical (unpaired) electrons. The first-order valence-electron chi connectivity index (χ1n) is 6.53. The molecule has 5 heterocycles. The number of nitrogens with zero attached hydrogens (tertiary/aromatic N) is 4. The van der Waals surface area contributed by atoms with Crippen molar-refractivity contribution in [2.45, 2.75) is 6.54 Å². The van der Waals surface area contributed by atoms with Gasteiger partial charge in [-0.3, -0.25) is 9.97 Å². The molecule has 20 heavy (non-hydrogen) atoms. The summed E-state index contributed by atoms with van der Waals surface area (Å²) < 4.78 is 5.95. The second-order valence-electron chi connectivity index (χ2n) is 5.10. The molecule has 0 spiro atoms. The number of hydrogen-bond acceptors (Lipinski definition) is 3. The Bertz CT molecular complexity index is 996. The van der Waals surface area contributed by atoms with Crippen molar-refractivity contribution in [2.24, 2.45) is 7.05 Å². The van der Waals surface area contributed by atoms with Gasteiger partial charge >= 0.3 is 5.65 Å². The molecule has 4 aromatic heterocycles. The van der Waals surface area contributed by atoms with E-state index in [1.54, 1.807) is 0 Å². The highest BCUT2D eigenvalue weighted by atomic mass is 32.1. The van der Waals surface area contributed by atoms with Crippen LogP contribution in [0, 0.1) is 0 Å². The third kappa shape index (κ3) is 1.10. The van der Waals surface area contributed by atoms with Gasteiger partial charge in [-0.2, -0.15) is 0 Å². The summed E-state index contributed by atoms with van der Waals surface area (Å²) in [5, 5.41) is 2.60. The molecule has 0 saturated heterocycles. The first-order valence-corrected chi connectivity index (χ1v) is 7.35. The maximum atomic E-state index is 4.50. The lowest BCUT2D eigenvalue weighted by Crippen LogP contribution is -2.32. The van der Waals surface area contributed by atoms with E-state index in [0.717, 1.165) is 6.54 Å². The fourth-order valence-electron chi connectivity index (χ4n) is 3.14. The maximum absolute atomic E-state index is 4.50. The zero-order valence-corrected chi connectivity index (χ0v) is 11.7. The van der Waals surface area contributed by atoms with Gasteiger partial charge in [0.2, 0.25) is 0 Å². The van der Waals surface area contributed by atoms with Crippen molar-refractivity contribution < 1.29 is 4.57 Å². The fourth-order valence-corrected chi connectivity index (χ4v) is 4.51. The SMILES string of the molecule is Cn1c2cnccc2c2sc3[n+](c21)Cc1ncccc1-3. The molecular formula is C15H11N4S+. The maximum Gasteiger partial charge on any atom is 0.301 e. The number of fused-ring (bicyclic) bond motifs is 7. The molecule has 0 amide bonds. The standard InChI is InChI=1S/C15H11N4S/c1-18-12-7-16-6-4-10(12)13-14(18)19-8-11-9(15(19)20-13)3-2-5-17-11/h2-7H,8H2,1H3/q+1. The van der Waals surface area contributed by atoms with Crippen molar-refractivity contribution in [1.82, 2.24) is 14.5 Å². The van der Waals surface area contributed by atoms with Crippen molar-refractivity contribution in [3.8, 4) is 10.6 Å². The zero-order chi connectivity index (χ0) is 13.3. The lowest BCUT2D eigenvalue weighted by molar-refractivity contribution is -0.645. The summed E-state index contributed by atoms with van der Waals surface area (Å²) in [6, 6.07) is 6.29. The summed E-state index contributed by atoms with van der Waals surface area (Å²) in [6.45, 7) is 0.864. The molecule has 5 rings (SSSR count). The molecule has 0 unspecified atom stereocenters. The van der Waals surface area contributed by atoms with Gasteiger partial charge in [0.25, 0.3) is 0 Å². The minimum atomic E-state index is 0.864. The molecule has 96 valence electrons. The topological polar surface area (TPSA) is 34.6 Å². The minimum absolute atomic E-state index is 0.864. The van der Waals surface area contributed by atoms with E-state index >= 15 is 0 Å². The van der Waals surface area contributed by atoms with Crippen LogP contribution in [-0.2, 0) is 13.6 Å². The van der Waals surface area contributed by atoms with Gasteiger partial charge in [0.05, 0.1) is 29.9 Å². The molecule has 0 bridgehead atoms. The van der Waals surface area contributed by atoms with Crippen LogP contribution in [0.4, 0.5) is 0 Å². The number of pyridine rings is 2.